The summed E-state index contributed by atoms with van der Waals surface area (Å²) in [5.41, 5.74) is 19.1. The van der Waals surface area contributed by atoms with E-state index in [1.54, 1.807) is 0 Å². The number of benzene rings is 5. The fourth-order valence-corrected chi connectivity index (χ4v) is 11.7. The number of allylic oxidation sites excluding steroid dienone is 1. The van der Waals surface area contributed by atoms with E-state index in [9.17, 15) is 0 Å². The van der Waals surface area contributed by atoms with Gasteiger partial charge in [-0.05, 0) is 160 Å². The van der Waals surface area contributed by atoms with Crippen molar-refractivity contribution in [3.8, 4) is 0 Å². The Kier molecular flexibility index (Phi) is 9.22. The van der Waals surface area contributed by atoms with Gasteiger partial charge in [0.1, 0.15) is 0 Å². The Morgan fingerprint density at radius 2 is 1.20 bits per heavy atom. The molecular formula is C55H61BClNS. The molecule has 302 valence electrons. The van der Waals surface area contributed by atoms with Gasteiger partial charge in [-0.15, -0.1) is 11.3 Å². The third-order valence-corrected chi connectivity index (χ3v) is 15.4. The van der Waals surface area contributed by atoms with E-state index in [1.807, 2.05) is 11.3 Å². The Hall–Kier alpha value is -4.05. The Bertz CT molecular complexity index is 2690. The molecule has 4 heteroatoms. The van der Waals surface area contributed by atoms with Gasteiger partial charge in [-0.2, -0.15) is 0 Å². The summed E-state index contributed by atoms with van der Waals surface area (Å²) in [6.45, 7) is 30.7. The van der Waals surface area contributed by atoms with Gasteiger partial charge in [-0.3, -0.25) is 0 Å². The van der Waals surface area contributed by atoms with Crippen LogP contribution >= 0.6 is 22.9 Å². The van der Waals surface area contributed by atoms with Crippen molar-refractivity contribution in [1.82, 2.24) is 0 Å². The van der Waals surface area contributed by atoms with Crippen LogP contribution < -0.4 is 20.6 Å². The van der Waals surface area contributed by atoms with Crippen molar-refractivity contribution in [2.75, 3.05) is 4.90 Å². The summed E-state index contributed by atoms with van der Waals surface area (Å²) in [7, 11) is 0. The average molecular weight is 814 g/mol. The summed E-state index contributed by atoms with van der Waals surface area (Å²) < 4.78 is 2.86. The zero-order valence-corrected chi connectivity index (χ0v) is 39.2. The number of thiophene rings is 1. The third kappa shape index (κ3) is 6.84. The number of rotatable bonds is 3. The highest BCUT2D eigenvalue weighted by molar-refractivity contribution is 7.33. The second kappa shape index (κ2) is 13.5. The van der Waals surface area contributed by atoms with Crippen LogP contribution in [0.2, 0.25) is 5.02 Å². The molecule has 0 fully saturated rings. The number of halogens is 1. The van der Waals surface area contributed by atoms with Crippen LogP contribution in [-0.4, -0.2) is 6.71 Å². The smallest absolute Gasteiger partial charge is 0.260 e. The highest BCUT2D eigenvalue weighted by atomic mass is 35.5. The molecule has 9 rings (SSSR count). The van der Waals surface area contributed by atoms with Gasteiger partial charge in [-0.25, -0.2) is 0 Å². The minimum Gasteiger partial charge on any atom is -0.311 e. The maximum absolute atomic E-state index is 7.27. The van der Waals surface area contributed by atoms with Crippen molar-refractivity contribution < 1.29 is 0 Å². The van der Waals surface area contributed by atoms with Gasteiger partial charge in [0, 0.05) is 26.8 Å². The van der Waals surface area contributed by atoms with Gasteiger partial charge < -0.3 is 4.90 Å². The molecule has 1 aliphatic carbocycles. The van der Waals surface area contributed by atoms with Crippen LogP contribution in [0.1, 0.15) is 147 Å². The summed E-state index contributed by atoms with van der Waals surface area (Å²) in [6.07, 6.45) is 5.76. The minimum absolute atomic E-state index is 0.0100. The molecule has 0 bridgehead atoms. The molecule has 3 heterocycles. The Balaban J connectivity index is 1.37. The van der Waals surface area contributed by atoms with Crippen LogP contribution in [0.25, 0.3) is 21.7 Å². The van der Waals surface area contributed by atoms with Gasteiger partial charge in [-0.1, -0.05) is 156 Å². The van der Waals surface area contributed by atoms with E-state index in [2.05, 4.69) is 192 Å². The number of hydrogen-bond acceptors (Lipinski definition) is 2. The largest absolute Gasteiger partial charge is 0.311 e. The van der Waals surface area contributed by atoms with Crippen LogP contribution in [0.4, 0.5) is 17.1 Å². The first-order chi connectivity index (χ1) is 27.5. The maximum Gasteiger partial charge on any atom is 0.260 e. The van der Waals surface area contributed by atoms with Gasteiger partial charge in [0.05, 0.1) is 0 Å². The van der Waals surface area contributed by atoms with E-state index in [-0.39, 0.29) is 33.8 Å². The topological polar surface area (TPSA) is 3.24 Å². The summed E-state index contributed by atoms with van der Waals surface area (Å²) in [5.74, 6) is 0. The maximum atomic E-state index is 7.27. The second-order valence-electron chi connectivity index (χ2n) is 22.3. The lowest BCUT2D eigenvalue weighted by atomic mass is 9.36. The van der Waals surface area contributed by atoms with E-state index < -0.39 is 0 Å². The molecule has 6 aromatic rings. The van der Waals surface area contributed by atoms with Crippen molar-refractivity contribution >= 4 is 84.2 Å². The lowest BCUT2D eigenvalue weighted by Crippen LogP contribution is -2.57. The number of fused-ring (bicyclic) bond motifs is 7. The highest BCUT2D eigenvalue weighted by Gasteiger charge is 2.43. The number of anilines is 3. The Morgan fingerprint density at radius 3 is 1.80 bits per heavy atom. The lowest BCUT2D eigenvalue weighted by Gasteiger charge is -2.42. The molecule has 1 aromatic heterocycles. The molecule has 0 saturated heterocycles. The van der Waals surface area contributed by atoms with Gasteiger partial charge in [0.15, 0.2) is 0 Å². The molecule has 0 N–H and O–H groups in total. The monoisotopic (exact) mass is 813 g/mol. The van der Waals surface area contributed by atoms with Gasteiger partial charge in [0.25, 0.3) is 6.71 Å². The fourth-order valence-electron chi connectivity index (χ4n) is 10.1. The number of nitrogens with zero attached hydrogens (tertiary/aromatic N) is 1. The second-order valence-corrected chi connectivity index (χ2v) is 23.8. The van der Waals surface area contributed by atoms with Crippen LogP contribution in [0, 0.1) is 0 Å². The molecule has 0 spiro atoms. The summed E-state index contributed by atoms with van der Waals surface area (Å²) >= 11 is 9.30. The molecule has 0 radical (unpaired) electrons. The summed E-state index contributed by atoms with van der Waals surface area (Å²) in [6, 6.07) is 35.6. The third-order valence-electron chi connectivity index (χ3n) is 13.9. The molecule has 0 atom stereocenters. The predicted molar refractivity (Wildman–Crippen MR) is 262 cm³/mol. The molecule has 2 aliphatic heterocycles. The van der Waals surface area contributed by atoms with E-state index >= 15 is 0 Å². The molecule has 3 aliphatic rings. The minimum atomic E-state index is -0.0100. The molecule has 0 unspecified atom stereocenters. The van der Waals surface area contributed by atoms with Crippen LogP contribution in [0.5, 0.6) is 0 Å². The average Bonchev–Trinajstić information content (AvgIpc) is 3.46. The standard InChI is InChI=1S/C55H61BClNS/c1-51(2,3)36-16-14-33(15-17-36)26-34-27-35-28-39(57)30-46-49(35)56(50-48(34)41-31-42-43(32-47(41)59-50)55(12,13)25-24-54(42,10)11)44-29-38(53(7,8)9)20-23-45(44)58(46)40-21-18-37(19-22-40)52(4,5)6/h14-23,27-32H,24-26H2,1-13H3. The van der Waals surface area contributed by atoms with Crippen LogP contribution in [-0.2, 0) is 33.5 Å². The highest BCUT2D eigenvalue weighted by Crippen LogP contribution is 2.50. The first kappa shape index (κ1) is 40.4. The van der Waals surface area contributed by atoms with Crippen LogP contribution in [0.15, 0.2) is 91.0 Å². The van der Waals surface area contributed by atoms with Gasteiger partial charge >= 0.3 is 0 Å². The molecule has 0 saturated carbocycles. The molecule has 0 amide bonds. The predicted octanol–water partition coefficient (Wildman–Crippen LogP) is 14.2. The fraction of sp³-hybridized carbons (Fsp3) is 0.382. The molecule has 59 heavy (non-hydrogen) atoms. The summed E-state index contributed by atoms with van der Waals surface area (Å²) in [5, 5.41) is 2.17. The Labute approximate surface area is 364 Å². The molecular weight excluding hydrogens is 753 g/mol. The SMILES string of the molecule is CC(C)(C)c1ccc(CC2=Cc3cc(Cl)cc4c3B(c3cc(C(C)(C)C)ccc3N4c3ccc(C(C)(C)C)cc3)c3sc4cc5c(cc4c32)C(C)(C)CCC5(C)C)cc1. The van der Waals surface area contributed by atoms with E-state index in [1.165, 1.54) is 100 Å². The quantitative estimate of drug-likeness (QED) is 0.161. The van der Waals surface area contributed by atoms with Crippen LogP contribution in [0.3, 0.4) is 0 Å². The van der Waals surface area contributed by atoms with Crippen molar-refractivity contribution in [1.29, 1.82) is 0 Å². The van der Waals surface area contributed by atoms with E-state index in [0.29, 0.717) is 0 Å². The zero-order valence-electron chi connectivity index (χ0n) is 37.7. The van der Waals surface area contributed by atoms with Crippen molar-refractivity contribution in [2.45, 2.75) is 136 Å². The van der Waals surface area contributed by atoms with Gasteiger partial charge in [0.2, 0.25) is 0 Å². The normalized spacial score (nSPS) is 16.9. The van der Waals surface area contributed by atoms with Crippen molar-refractivity contribution in [2.24, 2.45) is 0 Å². The Morgan fingerprint density at radius 1 is 0.644 bits per heavy atom. The van der Waals surface area contributed by atoms with Crippen molar-refractivity contribution in [3.63, 3.8) is 0 Å². The first-order valence-corrected chi connectivity index (χ1v) is 23.0. The summed E-state index contributed by atoms with van der Waals surface area (Å²) in [4.78, 5) is 2.50. The number of hydrogen-bond donors (Lipinski definition) is 0. The lowest BCUT2D eigenvalue weighted by molar-refractivity contribution is 0.332. The van der Waals surface area contributed by atoms with E-state index in [4.69, 9.17) is 11.6 Å². The van der Waals surface area contributed by atoms with E-state index in [0.717, 1.165) is 17.1 Å². The van der Waals surface area contributed by atoms with Crippen molar-refractivity contribution in [3.05, 3.63) is 141 Å². The molecule has 1 nitrogen and oxygen atoms in total. The zero-order chi connectivity index (χ0) is 42.2. The first-order valence-electron chi connectivity index (χ1n) is 21.8. The molecule has 5 aromatic carbocycles.